The zero-order valence-electron chi connectivity index (χ0n) is 12.5. The predicted octanol–water partition coefficient (Wildman–Crippen LogP) is 2.68. The first-order valence-corrected chi connectivity index (χ1v) is 7.28. The molecule has 0 aromatic heterocycles. The van der Waals surface area contributed by atoms with Gasteiger partial charge < -0.3 is 10.1 Å². The van der Waals surface area contributed by atoms with Gasteiger partial charge in [0.15, 0.2) is 5.78 Å². The van der Waals surface area contributed by atoms with Gasteiger partial charge in [-0.2, -0.15) is 0 Å². The lowest BCUT2D eigenvalue weighted by Gasteiger charge is -2.06. The Kier molecular flexibility index (Phi) is 5.86. The Morgan fingerprint density at radius 2 is 1.50 bits per heavy atom. The van der Waals surface area contributed by atoms with Crippen molar-refractivity contribution in [3.05, 3.63) is 71.3 Å². The van der Waals surface area contributed by atoms with Crippen LogP contribution in [0.5, 0.6) is 0 Å². The van der Waals surface area contributed by atoms with E-state index in [1.807, 2.05) is 25.1 Å². The van der Waals surface area contributed by atoms with E-state index in [1.54, 1.807) is 36.4 Å². The van der Waals surface area contributed by atoms with Crippen LogP contribution in [0.4, 0.5) is 0 Å². The van der Waals surface area contributed by atoms with Crippen LogP contribution >= 0.6 is 0 Å². The predicted molar refractivity (Wildman–Crippen MR) is 85.1 cm³/mol. The lowest BCUT2D eigenvalue weighted by atomic mass is 10.0. The second-order valence-corrected chi connectivity index (χ2v) is 4.73. The van der Waals surface area contributed by atoms with Crippen molar-refractivity contribution < 1.29 is 14.3 Å². The standard InChI is InChI=1S/C18H19NO3/c1-2-22-13-12-19-18(21)16-10-8-15(9-11-16)17(20)14-6-4-3-5-7-14/h3-11H,2,12-13H2,1H3,(H,19,21). The molecule has 1 amide bonds. The molecule has 0 unspecified atom stereocenters. The van der Waals surface area contributed by atoms with Crippen LogP contribution in [0, 0.1) is 0 Å². The molecule has 0 radical (unpaired) electrons. The van der Waals surface area contributed by atoms with Gasteiger partial charge in [0.05, 0.1) is 6.61 Å². The number of carbonyl (C=O) groups excluding carboxylic acids is 2. The van der Waals surface area contributed by atoms with E-state index >= 15 is 0 Å². The van der Waals surface area contributed by atoms with Crippen LogP contribution in [-0.4, -0.2) is 31.4 Å². The van der Waals surface area contributed by atoms with Crippen molar-refractivity contribution >= 4 is 11.7 Å². The van der Waals surface area contributed by atoms with Gasteiger partial charge in [0.25, 0.3) is 5.91 Å². The number of nitrogens with one attached hydrogen (secondary N) is 1. The number of ketones is 1. The van der Waals surface area contributed by atoms with E-state index in [1.165, 1.54) is 0 Å². The molecule has 22 heavy (non-hydrogen) atoms. The molecule has 0 saturated heterocycles. The average Bonchev–Trinajstić information content (AvgIpc) is 2.59. The molecular weight excluding hydrogens is 278 g/mol. The molecule has 114 valence electrons. The smallest absolute Gasteiger partial charge is 0.251 e. The molecule has 2 aromatic rings. The molecule has 0 spiro atoms. The molecule has 4 heteroatoms. The number of benzene rings is 2. The van der Waals surface area contributed by atoms with Crippen LogP contribution in [0.1, 0.15) is 33.2 Å². The summed E-state index contributed by atoms with van der Waals surface area (Å²) >= 11 is 0. The number of ether oxygens (including phenoxy) is 1. The zero-order chi connectivity index (χ0) is 15.8. The highest BCUT2D eigenvalue weighted by Gasteiger charge is 2.10. The van der Waals surface area contributed by atoms with Crippen molar-refractivity contribution in [1.82, 2.24) is 5.32 Å². The van der Waals surface area contributed by atoms with Crippen molar-refractivity contribution in [3.8, 4) is 0 Å². The van der Waals surface area contributed by atoms with Gasteiger partial charge in [-0.1, -0.05) is 42.5 Å². The molecule has 0 fully saturated rings. The first kappa shape index (κ1) is 15.9. The lowest BCUT2D eigenvalue weighted by molar-refractivity contribution is 0.0921. The number of hydrogen-bond donors (Lipinski definition) is 1. The number of hydrogen-bond acceptors (Lipinski definition) is 3. The summed E-state index contributed by atoms with van der Waals surface area (Å²) < 4.78 is 5.16. The van der Waals surface area contributed by atoms with Gasteiger partial charge in [-0.3, -0.25) is 9.59 Å². The molecule has 1 N–H and O–H groups in total. The third-order valence-corrected chi connectivity index (χ3v) is 3.18. The molecule has 0 saturated carbocycles. The van der Waals surface area contributed by atoms with Crippen LogP contribution in [0.2, 0.25) is 0 Å². The molecule has 0 aliphatic carbocycles. The molecule has 0 aliphatic heterocycles. The maximum absolute atomic E-state index is 12.3. The number of rotatable bonds is 7. The van der Waals surface area contributed by atoms with E-state index in [-0.39, 0.29) is 11.7 Å². The van der Waals surface area contributed by atoms with Crippen molar-refractivity contribution in [1.29, 1.82) is 0 Å². The zero-order valence-corrected chi connectivity index (χ0v) is 12.5. The molecule has 0 heterocycles. The normalized spacial score (nSPS) is 10.2. The van der Waals surface area contributed by atoms with Crippen molar-refractivity contribution in [2.24, 2.45) is 0 Å². The lowest BCUT2D eigenvalue weighted by Crippen LogP contribution is -2.27. The van der Waals surface area contributed by atoms with Crippen LogP contribution in [0.3, 0.4) is 0 Å². The highest BCUT2D eigenvalue weighted by molar-refractivity contribution is 6.09. The van der Waals surface area contributed by atoms with E-state index in [0.29, 0.717) is 36.4 Å². The second kappa shape index (κ2) is 8.10. The van der Waals surface area contributed by atoms with Gasteiger partial charge >= 0.3 is 0 Å². The summed E-state index contributed by atoms with van der Waals surface area (Å²) in [4.78, 5) is 24.2. The van der Waals surface area contributed by atoms with Crippen molar-refractivity contribution in [2.75, 3.05) is 19.8 Å². The molecular formula is C18H19NO3. The van der Waals surface area contributed by atoms with Crippen LogP contribution < -0.4 is 5.32 Å². The fourth-order valence-corrected chi connectivity index (χ4v) is 2.01. The highest BCUT2D eigenvalue weighted by atomic mass is 16.5. The minimum atomic E-state index is -0.168. The Balaban J connectivity index is 1.98. The first-order valence-electron chi connectivity index (χ1n) is 7.28. The van der Waals surface area contributed by atoms with Gasteiger partial charge in [0.1, 0.15) is 0 Å². The Morgan fingerprint density at radius 1 is 0.909 bits per heavy atom. The highest BCUT2D eigenvalue weighted by Crippen LogP contribution is 2.11. The van der Waals surface area contributed by atoms with E-state index in [2.05, 4.69) is 5.32 Å². The second-order valence-electron chi connectivity index (χ2n) is 4.73. The summed E-state index contributed by atoms with van der Waals surface area (Å²) in [5.74, 6) is -0.220. The number of carbonyl (C=O) groups is 2. The molecule has 0 bridgehead atoms. The summed E-state index contributed by atoms with van der Waals surface area (Å²) in [5, 5.41) is 2.77. The van der Waals surface area contributed by atoms with Crippen LogP contribution in [-0.2, 0) is 4.74 Å². The van der Waals surface area contributed by atoms with Gasteiger partial charge in [-0.05, 0) is 19.1 Å². The molecule has 0 atom stereocenters. The SMILES string of the molecule is CCOCCNC(=O)c1ccc(C(=O)c2ccccc2)cc1. The maximum Gasteiger partial charge on any atom is 0.251 e. The Hall–Kier alpha value is -2.46. The van der Waals surface area contributed by atoms with Crippen molar-refractivity contribution in [2.45, 2.75) is 6.92 Å². The molecule has 0 aliphatic rings. The maximum atomic E-state index is 12.3. The largest absolute Gasteiger partial charge is 0.380 e. The van der Waals surface area contributed by atoms with Gasteiger partial charge in [0.2, 0.25) is 0 Å². The Bertz CT molecular complexity index is 621. The third kappa shape index (κ3) is 4.27. The van der Waals surface area contributed by atoms with Gasteiger partial charge in [0, 0.05) is 29.8 Å². The topological polar surface area (TPSA) is 55.4 Å². The summed E-state index contributed by atoms with van der Waals surface area (Å²) in [6, 6.07) is 15.7. The molecule has 4 nitrogen and oxygen atoms in total. The van der Waals surface area contributed by atoms with Gasteiger partial charge in [-0.15, -0.1) is 0 Å². The van der Waals surface area contributed by atoms with Crippen LogP contribution in [0.15, 0.2) is 54.6 Å². The van der Waals surface area contributed by atoms with Crippen molar-refractivity contribution in [3.63, 3.8) is 0 Å². The number of amides is 1. The quantitative estimate of drug-likeness (QED) is 0.631. The summed E-state index contributed by atoms with van der Waals surface area (Å²) in [7, 11) is 0. The third-order valence-electron chi connectivity index (χ3n) is 3.18. The monoisotopic (exact) mass is 297 g/mol. The van der Waals surface area contributed by atoms with E-state index in [9.17, 15) is 9.59 Å². The Morgan fingerprint density at radius 3 is 2.14 bits per heavy atom. The van der Waals surface area contributed by atoms with Gasteiger partial charge in [-0.25, -0.2) is 0 Å². The fourth-order valence-electron chi connectivity index (χ4n) is 2.01. The Labute approximate surface area is 130 Å². The van der Waals surface area contributed by atoms with E-state index in [4.69, 9.17) is 4.74 Å². The summed E-state index contributed by atoms with van der Waals surface area (Å²) in [6.07, 6.45) is 0. The summed E-state index contributed by atoms with van der Waals surface area (Å²) in [5.41, 5.74) is 1.73. The van der Waals surface area contributed by atoms with E-state index < -0.39 is 0 Å². The minimum absolute atomic E-state index is 0.0519. The molecule has 2 aromatic carbocycles. The minimum Gasteiger partial charge on any atom is -0.380 e. The molecule has 2 rings (SSSR count). The van der Waals surface area contributed by atoms with Crippen LogP contribution in [0.25, 0.3) is 0 Å². The first-order chi connectivity index (χ1) is 10.7. The van der Waals surface area contributed by atoms with E-state index in [0.717, 1.165) is 0 Å². The summed E-state index contributed by atoms with van der Waals surface area (Å²) in [6.45, 7) is 3.50. The fraction of sp³-hybridized carbons (Fsp3) is 0.222. The average molecular weight is 297 g/mol.